The molecule has 0 fully saturated rings. The number of hydrogen-bond donors (Lipinski definition) is 1. The van der Waals surface area contributed by atoms with E-state index in [1.807, 2.05) is 19.1 Å². The molecule has 0 radical (unpaired) electrons. The van der Waals surface area contributed by atoms with Crippen LogP contribution >= 0.6 is 0 Å². The monoisotopic (exact) mass is 244 g/mol. The van der Waals surface area contributed by atoms with E-state index in [1.54, 1.807) is 4.68 Å². The van der Waals surface area contributed by atoms with E-state index in [9.17, 15) is 4.79 Å². The predicted octanol–water partition coefficient (Wildman–Crippen LogP) is 3.30. The summed E-state index contributed by atoms with van der Waals surface area (Å²) < 4.78 is 1.67. The van der Waals surface area contributed by atoms with Crippen LogP contribution in [0.3, 0.4) is 0 Å². The summed E-state index contributed by atoms with van der Waals surface area (Å²) in [6.07, 6.45) is 0. The minimum Gasteiger partial charge on any atom is -0.295 e. The lowest BCUT2D eigenvalue weighted by Crippen LogP contribution is -2.18. The lowest BCUT2D eigenvalue weighted by molar-refractivity contribution is 0.636. The van der Waals surface area contributed by atoms with Gasteiger partial charge in [0.05, 0.1) is 5.69 Å². The van der Waals surface area contributed by atoms with Crippen molar-refractivity contribution in [2.45, 2.75) is 40.2 Å². The van der Waals surface area contributed by atoms with Gasteiger partial charge in [-0.05, 0) is 25.8 Å². The van der Waals surface area contributed by atoms with Crippen LogP contribution in [0.2, 0.25) is 0 Å². The van der Waals surface area contributed by atoms with Crippen molar-refractivity contribution in [1.29, 1.82) is 0 Å². The molecule has 0 saturated carbocycles. The predicted molar refractivity (Wildman–Crippen MR) is 75.0 cm³/mol. The van der Waals surface area contributed by atoms with E-state index in [4.69, 9.17) is 0 Å². The van der Waals surface area contributed by atoms with Crippen molar-refractivity contribution < 1.29 is 0 Å². The first-order valence-electron chi connectivity index (χ1n) is 6.44. The van der Waals surface area contributed by atoms with Crippen LogP contribution in [0.4, 0.5) is 0 Å². The molecule has 1 heterocycles. The average Bonchev–Trinajstić information content (AvgIpc) is 2.66. The normalized spacial score (nSPS) is 11.2. The largest absolute Gasteiger partial charge is 0.295 e. The molecule has 2 aromatic rings. The summed E-state index contributed by atoms with van der Waals surface area (Å²) in [5.41, 5.74) is 4.22. The Hall–Kier alpha value is -1.77. The standard InChI is InChI=1S/C15H20N2O/c1-5-17-15(18)13(10(2)3)14(16-17)12-8-6-7-11(4)9-12/h6-10,16H,5H2,1-4H3. The molecule has 0 bridgehead atoms. The van der Waals surface area contributed by atoms with Gasteiger partial charge >= 0.3 is 0 Å². The number of benzene rings is 1. The fourth-order valence-corrected chi connectivity index (χ4v) is 2.28. The maximum Gasteiger partial charge on any atom is 0.270 e. The molecule has 1 N–H and O–H groups in total. The minimum atomic E-state index is 0.101. The van der Waals surface area contributed by atoms with Crippen LogP contribution in [0.25, 0.3) is 11.3 Å². The second kappa shape index (κ2) is 4.84. The molecule has 0 saturated heterocycles. The first-order chi connectivity index (χ1) is 8.54. The number of nitrogens with one attached hydrogen (secondary N) is 1. The lowest BCUT2D eigenvalue weighted by Gasteiger charge is -2.06. The molecule has 1 aromatic carbocycles. The van der Waals surface area contributed by atoms with Gasteiger partial charge in [-0.25, -0.2) is 0 Å². The molecule has 2 rings (SSSR count). The number of nitrogens with zero attached hydrogens (tertiary/aromatic N) is 1. The van der Waals surface area contributed by atoms with Crippen molar-refractivity contribution in [3.63, 3.8) is 0 Å². The van der Waals surface area contributed by atoms with Crippen LogP contribution in [0.5, 0.6) is 0 Å². The van der Waals surface area contributed by atoms with Crippen molar-refractivity contribution in [2.24, 2.45) is 0 Å². The Kier molecular flexibility index (Phi) is 3.41. The lowest BCUT2D eigenvalue weighted by atomic mass is 9.98. The minimum absolute atomic E-state index is 0.101. The number of rotatable bonds is 3. The highest BCUT2D eigenvalue weighted by atomic mass is 16.1. The number of aromatic amines is 1. The van der Waals surface area contributed by atoms with Crippen LogP contribution in [0, 0.1) is 6.92 Å². The van der Waals surface area contributed by atoms with Crippen molar-refractivity contribution >= 4 is 0 Å². The molecule has 0 amide bonds. The number of aromatic nitrogens is 2. The molecule has 0 aliphatic rings. The Morgan fingerprint density at radius 1 is 1.33 bits per heavy atom. The first kappa shape index (κ1) is 12.7. The molecular formula is C15H20N2O. The van der Waals surface area contributed by atoms with Gasteiger partial charge in [0, 0.05) is 17.7 Å². The second-order valence-corrected chi connectivity index (χ2v) is 4.97. The summed E-state index contributed by atoms with van der Waals surface area (Å²) >= 11 is 0. The molecule has 0 spiro atoms. The van der Waals surface area contributed by atoms with Crippen molar-refractivity contribution in [3.05, 3.63) is 45.7 Å². The Morgan fingerprint density at radius 2 is 2.06 bits per heavy atom. The van der Waals surface area contributed by atoms with E-state index in [0.29, 0.717) is 6.54 Å². The topological polar surface area (TPSA) is 37.8 Å². The number of hydrogen-bond acceptors (Lipinski definition) is 1. The van der Waals surface area contributed by atoms with Crippen LogP contribution in [0.1, 0.15) is 37.8 Å². The van der Waals surface area contributed by atoms with Gasteiger partial charge in [-0.15, -0.1) is 0 Å². The van der Waals surface area contributed by atoms with Gasteiger partial charge in [0.2, 0.25) is 0 Å². The zero-order valence-electron chi connectivity index (χ0n) is 11.4. The third-order valence-electron chi connectivity index (χ3n) is 3.19. The molecule has 96 valence electrons. The highest BCUT2D eigenvalue weighted by molar-refractivity contribution is 5.64. The quantitative estimate of drug-likeness (QED) is 0.883. The van der Waals surface area contributed by atoms with Crippen LogP contribution in [-0.4, -0.2) is 9.78 Å². The van der Waals surface area contributed by atoms with E-state index in [-0.39, 0.29) is 11.5 Å². The summed E-state index contributed by atoms with van der Waals surface area (Å²) in [6, 6.07) is 8.24. The average molecular weight is 244 g/mol. The smallest absolute Gasteiger partial charge is 0.270 e. The van der Waals surface area contributed by atoms with Crippen molar-refractivity contribution in [3.8, 4) is 11.3 Å². The van der Waals surface area contributed by atoms with Gasteiger partial charge in [-0.1, -0.05) is 37.6 Å². The maximum atomic E-state index is 12.3. The second-order valence-electron chi connectivity index (χ2n) is 4.97. The summed E-state index contributed by atoms with van der Waals surface area (Å²) in [6.45, 7) is 8.83. The van der Waals surface area contributed by atoms with E-state index >= 15 is 0 Å². The summed E-state index contributed by atoms with van der Waals surface area (Å²) in [7, 11) is 0. The highest BCUT2D eigenvalue weighted by Gasteiger charge is 2.17. The van der Waals surface area contributed by atoms with E-state index in [1.165, 1.54) is 5.56 Å². The highest BCUT2D eigenvalue weighted by Crippen LogP contribution is 2.25. The molecule has 3 heteroatoms. The SMILES string of the molecule is CCn1[nH]c(-c2cccc(C)c2)c(C(C)C)c1=O. The molecule has 0 atom stereocenters. The Morgan fingerprint density at radius 3 is 2.61 bits per heavy atom. The molecular weight excluding hydrogens is 224 g/mol. The zero-order chi connectivity index (χ0) is 13.3. The van der Waals surface area contributed by atoms with Crippen LogP contribution in [-0.2, 0) is 6.54 Å². The molecule has 3 nitrogen and oxygen atoms in total. The fraction of sp³-hybridized carbons (Fsp3) is 0.400. The van der Waals surface area contributed by atoms with E-state index in [2.05, 4.69) is 38.0 Å². The molecule has 18 heavy (non-hydrogen) atoms. The molecule has 0 aliphatic carbocycles. The van der Waals surface area contributed by atoms with Gasteiger partial charge < -0.3 is 0 Å². The summed E-state index contributed by atoms with van der Waals surface area (Å²) in [5, 5.41) is 3.23. The van der Waals surface area contributed by atoms with Crippen molar-refractivity contribution in [2.75, 3.05) is 0 Å². The Balaban J connectivity index is 2.67. The third kappa shape index (κ3) is 2.13. The van der Waals surface area contributed by atoms with Gasteiger partial charge in [-0.3, -0.25) is 14.6 Å². The number of H-pyrrole nitrogens is 1. The van der Waals surface area contributed by atoms with Crippen molar-refractivity contribution in [1.82, 2.24) is 9.78 Å². The van der Waals surface area contributed by atoms with Crippen LogP contribution < -0.4 is 5.56 Å². The van der Waals surface area contributed by atoms with E-state index < -0.39 is 0 Å². The van der Waals surface area contributed by atoms with Crippen LogP contribution in [0.15, 0.2) is 29.1 Å². The van der Waals surface area contributed by atoms with Gasteiger partial charge in [-0.2, -0.15) is 0 Å². The Bertz CT molecular complexity index is 605. The molecule has 0 unspecified atom stereocenters. The van der Waals surface area contributed by atoms with Gasteiger partial charge in [0.25, 0.3) is 5.56 Å². The van der Waals surface area contributed by atoms with Gasteiger partial charge in [0.1, 0.15) is 0 Å². The number of aryl methyl sites for hydroxylation is 2. The molecule has 0 aliphatic heterocycles. The third-order valence-corrected chi connectivity index (χ3v) is 3.19. The summed E-state index contributed by atoms with van der Waals surface area (Å²) in [4.78, 5) is 12.3. The van der Waals surface area contributed by atoms with Gasteiger partial charge in [0.15, 0.2) is 0 Å². The molecule has 1 aromatic heterocycles. The zero-order valence-corrected chi connectivity index (χ0v) is 11.4. The summed E-state index contributed by atoms with van der Waals surface area (Å²) in [5.74, 6) is 0.220. The Labute approximate surface area is 107 Å². The maximum absolute atomic E-state index is 12.3. The van der Waals surface area contributed by atoms with E-state index in [0.717, 1.165) is 16.8 Å². The first-order valence-corrected chi connectivity index (χ1v) is 6.44. The fourth-order valence-electron chi connectivity index (χ4n) is 2.28.